The lowest BCUT2D eigenvalue weighted by atomic mass is 9.96. The summed E-state index contributed by atoms with van der Waals surface area (Å²) < 4.78 is 7.72. The van der Waals surface area contributed by atoms with E-state index in [0.29, 0.717) is 0 Å². The second-order valence-corrected chi connectivity index (χ2v) is 17.7. The first-order valence-electron chi connectivity index (χ1n) is 20.4. The van der Waals surface area contributed by atoms with E-state index in [-0.39, 0.29) is 0 Å². The summed E-state index contributed by atoms with van der Waals surface area (Å²) in [5, 5.41) is 10.2. The summed E-state index contributed by atoms with van der Waals surface area (Å²) in [7, 11) is 0. The largest absolute Gasteiger partial charge is 0.308 e. The van der Waals surface area contributed by atoms with Crippen LogP contribution in [0.15, 0.2) is 206 Å². The molecule has 9 aromatic carbocycles. The summed E-state index contributed by atoms with van der Waals surface area (Å²) in [6.07, 6.45) is 0. The molecule has 13 aromatic rings. The van der Waals surface area contributed by atoms with Crippen molar-refractivity contribution in [3.63, 3.8) is 0 Å². The van der Waals surface area contributed by atoms with Crippen molar-refractivity contribution in [1.82, 2.24) is 4.40 Å². The van der Waals surface area contributed by atoms with Gasteiger partial charge in [0.1, 0.15) is 0 Å². The molecule has 0 saturated heterocycles. The minimum Gasteiger partial charge on any atom is -0.308 e. The number of aromatic nitrogens is 1. The highest BCUT2D eigenvalue weighted by atomic mass is 32.1. The van der Waals surface area contributed by atoms with E-state index in [9.17, 15) is 0 Å². The number of hydrogen-bond donors (Lipinski definition) is 0. The van der Waals surface area contributed by atoms with Crippen LogP contribution in [0.2, 0.25) is 0 Å². The van der Waals surface area contributed by atoms with E-state index in [1.807, 2.05) is 22.7 Å². The van der Waals surface area contributed by atoms with Crippen LogP contribution in [0.1, 0.15) is 0 Å². The fraction of sp³-hybridized carbons (Fsp3) is 0. The zero-order valence-corrected chi connectivity index (χ0v) is 34.0. The van der Waals surface area contributed by atoms with Gasteiger partial charge in [-0.3, -0.25) is 0 Å². The summed E-state index contributed by atoms with van der Waals surface area (Å²) in [5.41, 5.74) is 12.1. The summed E-state index contributed by atoms with van der Waals surface area (Å²) in [5.74, 6) is 0. The molecule has 0 unspecified atom stereocenters. The summed E-state index contributed by atoms with van der Waals surface area (Å²) in [6.45, 7) is 0. The van der Waals surface area contributed by atoms with Crippen molar-refractivity contribution in [1.29, 1.82) is 0 Å². The molecule has 0 fully saturated rings. The van der Waals surface area contributed by atoms with E-state index < -0.39 is 0 Å². The monoisotopic (exact) mass is 798 g/mol. The highest BCUT2D eigenvalue weighted by Crippen LogP contribution is 2.50. The van der Waals surface area contributed by atoms with Gasteiger partial charge in [-0.15, -0.1) is 22.7 Å². The molecule has 0 spiro atoms. The maximum absolute atomic E-state index is 2.54. The topological polar surface area (TPSA) is 7.65 Å². The lowest BCUT2D eigenvalue weighted by Crippen LogP contribution is -2.10. The zero-order valence-electron chi connectivity index (χ0n) is 32.3. The first-order valence-corrected chi connectivity index (χ1v) is 22.1. The van der Waals surface area contributed by atoms with Crippen molar-refractivity contribution in [2.45, 2.75) is 0 Å². The normalized spacial score (nSPS) is 12.0. The minimum atomic E-state index is 1.13. The Morgan fingerprint density at radius 1 is 0.333 bits per heavy atom. The fourth-order valence-electron chi connectivity index (χ4n) is 9.80. The molecular weight excluding hydrogens is 765 g/mol. The van der Waals surface area contributed by atoms with Gasteiger partial charge in [0.2, 0.25) is 0 Å². The molecule has 4 aromatic heterocycles. The lowest BCUT2D eigenvalue weighted by Gasteiger charge is -2.27. The van der Waals surface area contributed by atoms with Gasteiger partial charge in [0.15, 0.2) is 0 Å². The number of fused-ring (bicyclic) bond motifs is 14. The number of rotatable bonds is 5. The maximum atomic E-state index is 2.54. The van der Waals surface area contributed by atoms with Crippen LogP contribution in [-0.2, 0) is 0 Å². The van der Waals surface area contributed by atoms with E-state index in [4.69, 9.17) is 0 Å². The number of nitrogens with zero attached hydrogens (tertiary/aromatic N) is 2. The second-order valence-electron chi connectivity index (χ2n) is 15.6. The summed E-state index contributed by atoms with van der Waals surface area (Å²) >= 11 is 3.76. The Balaban J connectivity index is 1.07. The third-order valence-electron chi connectivity index (χ3n) is 12.4. The highest BCUT2D eigenvalue weighted by molar-refractivity contribution is 7.27. The third-order valence-corrected chi connectivity index (χ3v) is 14.8. The van der Waals surface area contributed by atoms with Crippen molar-refractivity contribution in [3.05, 3.63) is 206 Å². The van der Waals surface area contributed by atoms with Gasteiger partial charge in [0.25, 0.3) is 0 Å². The Labute approximate surface area is 354 Å². The van der Waals surface area contributed by atoms with E-state index >= 15 is 0 Å². The number of pyridine rings is 1. The van der Waals surface area contributed by atoms with Crippen LogP contribution in [0.25, 0.3) is 101 Å². The first kappa shape index (κ1) is 33.7. The molecule has 0 aliphatic rings. The van der Waals surface area contributed by atoms with Gasteiger partial charge in [0, 0.05) is 63.9 Å². The molecule has 0 N–H and O–H groups in total. The standard InChI is InChI=1S/C56H34N2S2/c1-2-15-36(16-3-1)52-46-21-6-9-26-47(46)58-53-38(22-12-23-42(53)39-17-4-5-20-43(39)54(52)58)35-31-33-37(34-32-35)57(48-27-13-24-44-40-18-7-10-29-50(40)59-55(44)48)49-28-14-25-45-41-19-8-11-30-51(41)60-56(45)49/h1-34H. The minimum absolute atomic E-state index is 1.13. The third kappa shape index (κ3) is 4.86. The van der Waals surface area contributed by atoms with E-state index in [1.165, 1.54) is 112 Å². The number of para-hydroxylation sites is 2. The van der Waals surface area contributed by atoms with Crippen LogP contribution in [0.5, 0.6) is 0 Å². The van der Waals surface area contributed by atoms with Gasteiger partial charge in [-0.2, -0.15) is 0 Å². The molecule has 4 heteroatoms. The first-order chi connectivity index (χ1) is 29.8. The zero-order chi connectivity index (χ0) is 39.3. The van der Waals surface area contributed by atoms with Crippen molar-refractivity contribution < 1.29 is 0 Å². The molecule has 0 saturated carbocycles. The molecular formula is C56H34N2S2. The Morgan fingerprint density at radius 3 is 1.50 bits per heavy atom. The fourth-order valence-corrected chi connectivity index (χ4v) is 12.2. The molecule has 0 aliphatic carbocycles. The van der Waals surface area contributed by atoms with Gasteiger partial charge < -0.3 is 9.30 Å². The average molecular weight is 799 g/mol. The Bertz CT molecular complexity index is 3720. The van der Waals surface area contributed by atoms with Crippen molar-refractivity contribution in [3.8, 4) is 22.3 Å². The van der Waals surface area contributed by atoms with Crippen LogP contribution in [0.4, 0.5) is 17.1 Å². The van der Waals surface area contributed by atoms with Crippen molar-refractivity contribution in [2.75, 3.05) is 4.90 Å². The molecule has 0 aliphatic heterocycles. The number of anilines is 3. The predicted octanol–water partition coefficient (Wildman–Crippen LogP) is 16.9. The Kier molecular flexibility index (Phi) is 7.38. The van der Waals surface area contributed by atoms with Crippen LogP contribution >= 0.6 is 22.7 Å². The van der Waals surface area contributed by atoms with Crippen LogP contribution in [0.3, 0.4) is 0 Å². The molecule has 280 valence electrons. The number of hydrogen-bond acceptors (Lipinski definition) is 3. The highest BCUT2D eigenvalue weighted by Gasteiger charge is 2.24. The molecule has 0 radical (unpaired) electrons. The summed E-state index contributed by atoms with van der Waals surface area (Å²) in [4.78, 5) is 2.50. The molecule has 0 atom stereocenters. The molecule has 0 bridgehead atoms. The van der Waals surface area contributed by atoms with Crippen LogP contribution in [0, 0.1) is 0 Å². The number of thiophene rings is 2. The maximum Gasteiger partial charge on any atom is 0.0640 e. The average Bonchev–Trinajstić information content (AvgIpc) is 4.00. The molecule has 60 heavy (non-hydrogen) atoms. The molecule has 4 heterocycles. The van der Waals surface area contributed by atoms with Gasteiger partial charge in [0.05, 0.1) is 37.3 Å². The second kappa shape index (κ2) is 13.1. The van der Waals surface area contributed by atoms with Crippen molar-refractivity contribution in [2.24, 2.45) is 0 Å². The predicted molar refractivity (Wildman–Crippen MR) is 261 cm³/mol. The van der Waals surface area contributed by atoms with Gasteiger partial charge in [-0.25, -0.2) is 0 Å². The SMILES string of the molecule is c1ccc(-c2c3ccccc3n3c4c(-c5ccc(N(c6cccc7c6sc6ccccc67)c6cccc7c6sc6ccccc67)cc5)cccc4c4ccccc4c23)cc1. The van der Waals surface area contributed by atoms with E-state index in [2.05, 4.69) is 216 Å². The number of benzene rings is 9. The van der Waals surface area contributed by atoms with Gasteiger partial charge >= 0.3 is 0 Å². The van der Waals surface area contributed by atoms with Crippen molar-refractivity contribution >= 4 is 118 Å². The molecule has 2 nitrogen and oxygen atoms in total. The summed E-state index contributed by atoms with van der Waals surface area (Å²) in [6, 6.07) is 76.1. The van der Waals surface area contributed by atoms with Gasteiger partial charge in [-0.1, -0.05) is 164 Å². The lowest BCUT2D eigenvalue weighted by molar-refractivity contribution is 1.32. The van der Waals surface area contributed by atoms with E-state index in [0.717, 1.165) is 5.69 Å². The van der Waals surface area contributed by atoms with Crippen LogP contribution in [-0.4, -0.2) is 4.40 Å². The Hall–Kier alpha value is -7.24. The Morgan fingerprint density at radius 2 is 0.833 bits per heavy atom. The molecule has 0 amide bonds. The quantitative estimate of drug-likeness (QED) is 0.157. The van der Waals surface area contributed by atoms with Gasteiger partial charge in [-0.05, 0) is 59.0 Å². The van der Waals surface area contributed by atoms with Crippen LogP contribution < -0.4 is 4.90 Å². The molecule has 13 rings (SSSR count). The van der Waals surface area contributed by atoms with E-state index in [1.54, 1.807) is 0 Å². The smallest absolute Gasteiger partial charge is 0.0640 e.